The molecule has 0 radical (unpaired) electrons. The van der Waals surface area contributed by atoms with Gasteiger partial charge >= 0.3 is 0 Å². The topological polar surface area (TPSA) is 50.4 Å². The van der Waals surface area contributed by atoms with Gasteiger partial charge in [-0.05, 0) is 25.8 Å². The number of nitrogens with one attached hydrogen (secondary N) is 2. The lowest BCUT2D eigenvalue weighted by Gasteiger charge is -2.20. The summed E-state index contributed by atoms with van der Waals surface area (Å²) in [6.45, 7) is 5.26. The summed E-state index contributed by atoms with van der Waals surface area (Å²) in [6, 6.07) is 10.1. The molecule has 0 bridgehead atoms. The van der Waals surface area contributed by atoms with Crippen molar-refractivity contribution in [2.24, 2.45) is 0 Å². The van der Waals surface area contributed by atoms with Crippen molar-refractivity contribution in [1.29, 1.82) is 0 Å². The first-order valence-electron chi connectivity index (χ1n) is 6.72. The second-order valence-corrected chi connectivity index (χ2v) is 4.66. The van der Waals surface area contributed by atoms with Crippen LogP contribution >= 0.6 is 0 Å². The van der Waals surface area contributed by atoms with Gasteiger partial charge in [-0.2, -0.15) is 0 Å². The van der Waals surface area contributed by atoms with Crippen molar-refractivity contribution < 1.29 is 9.53 Å². The summed E-state index contributed by atoms with van der Waals surface area (Å²) in [5, 5.41) is 6.19. The van der Waals surface area contributed by atoms with Crippen LogP contribution in [0, 0.1) is 0 Å². The van der Waals surface area contributed by atoms with Crippen LogP contribution in [0.15, 0.2) is 30.3 Å². The number of hydrogen-bond acceptors (Lipinski definition) is 3. The summed E-state index contributed by atoms with van der Waals surface area (Å²) >= 11 is 0. The summed E-state index contributed by atoms with van der Waals surface area (Å²) in [5.74, 6) is 0.0267. The maximum atomic E-state index is 11.9. The molecule has 4 nitrogen and oxygen atoms in total. The Bertz CT molecular complexity index is 368. The van der Waals surface area contributed by atoms with E-state index >= 15 is 0 Å². The van der Waals surface area contributed by atoms with Gasteiger partial charge in [0.25, 0.3) is 0 Å². The number of ether oxygens (including phenoxy) is 1. The van der Waals surface area contributed by atoms with Gasteiger partial charge in [0.1, 0.15) is 0 Å². The summed E-state index contributed by atoms with van der Waals surface area (Å²) in [7, 11) is 1.66. The molecule has 19 heavy (non-hydrogen) atoms. The molecule has 106 valence electrons. The van der Waals surface area contributed by atoms with Crippen molar-refractivity contribution in [1.82, 2.24) is 10.6 Å². The fraction of sp³-hybridized carbons (Fsp3) is 0.533. The van der Waals surface area contributed by atoms with E-state index in [0.717, 1.165) is 6.42 Å². The number of benzene rings is 1. The summed E-state index contributed by atoms with van der Waals surface area (Å²) < 4.78 is 4.94. The van der Waals surface area contributed by atoms with Gasteiger partial charge in [0.15, 0.2) is 0 Å². The zero-order valence-electron chi connectivity index (χ0n) is 12.0. The lowest BCUT2D eigenvalue weighted by Crippen LogP contribution is -2.43. The average Bonchev–Trinajstić information content (AvgIpc) is 2.44. The fourth-order valence-electron chi connectivity index (χ4n) is 1.87. The minimum absolute atomic E-state index is 0.0267. The van der Waals surface area contributed by atoms with Crippen molar-refractivity contribution >= 4 is 5.91 Å². The third-order valence-electron chi connectivity index (χ3n) is 3.02. The lowest BCUT2D eigenvalue weighted by molar-refractivity contribution is -0.122. The molecular weight excluding hydrogens is 240 g/mol. The monoisotopic (exact) mass is 264 g/mol. The van der Waals surface area contributed by atoms with Crippen molar-refractivity contribution in [3.8, 4) is 0 Å². The van der Waals surface area contributed by atoms with Gasteiger partial charge in [-0.3, -0.25) is 10.1 Å². The zero-order chi connectivity index (χ0) is 14.1. The van der Waals surface area contributed by atoms with Gasteiger partial charge in [-0.25, -0.2) is 0 Å². The standard InChI is InChI=1S/C15H24N2O2/c1-12(14-8-5-4-6-9-14)17-13(2)15(18)16-10-7-11-19-3/h4-6,8-9,12-13,17H,7,10-11H2,1-3H3,(H,16,18)/t12-,13?/m0/s1. The van der Waals surface area contributed by atoms with Gasteiger partial charge in [0.05, 0.1) is 6.04 Å². The largest absolute Gasteiger partial charge is 0.385 e. The Balaban J connectivity index is 2.33. The van der Waals surface area contributed by atoms with E-state index in [1.165, 1.54) is 5.56 Å². The highest BCUT2D eigenvalue weighted by Gasteiger charge is 2.15. The quantitative estimate of drug-likeness (QED) is 0.705. The highest BCUT2D eigenvalue weighted by atomic mass is 16.5. The summed E-state index contributed by atoms with van der Waals surface area (Å²) in [6.07, 6.45) is 0.837. The fourth-order valence-corrected chi connectivity index (χ4v) is 1.87. The minimum Gasteiger partial charge on any atom is -0.385 e. The Morgan fingerprint density at radius 3 is 2.58 bits per heavy atom. The second kappa shape index (κ2) is 8.67. The highest BCUT2D eigenvalue weighted by molar-refractivity contribution is 5.81. The molecular formula is C15H24N2O2. The first-order valence-corrected chi connectivity index (χ1v) is 6.72. The van der Waals surface area contributed by atoms with Gasteiger partial charge in [-0.1, -0.05) is 30.3 Å². The van der Waals surface area contributed by atoms with Crippen molar-refractivity contribution in [3.05, 3.63) is 35.9 Å². The smallest absolute Gasteiger partial charge is 0.236 e. The molecule has 0 spiro atoms. The van der Waals surface area contributed by atoms with Crippen LogP contribution in [0.2, 0.25) is 0 Å². The van der Waals surface area contributed by atoms with Crippen molar-refractivity contribution in [2.45, 2.75) is 32.4 Å². The highest BCUT2D eigenvalue weighted by Crippen LogP contribution is 2.11. The predicted octanol–water partition coefficient (Wildman–Crippen LogP) is 1.88. The van der Waals surface area contributed by atoms with Crippen molar-refractivity contribution in [3.63, 3.8) is 0 Å². The number of carbonyl (C=O) groups excluding carboxylic acids is 1. The molecule has 0 saturated heterocycles. The number of methoxy groups -OCH3 is 1. The van der Waals surface area contributed by atoms with Crippen LogP contribution in [-0.4, -0.2) is 32.2 Å². The van der Waals surface area contributed by atoms with Gasteiger partial charge < -0.3 is 10.1 Å². The lowest BCUT2D eigenvalue weighted by atomic mass is 10.1. The summed E-state index contributed by atoms with van der Waals surface area (Å²) in [5.41, 5.74) is 1.18. The van der Waals surface area contributed by atoms with Crippen LogP contribution in [0.5, 0.6) is 0 Å². The second-order valence-electron chi connectivity index (χ2n) is 4.66. The van der Waals surface area contributed by atoms with Crippen LogP contribution in [0.3, 0.4) is 0 Å². The van der Waals surface area contributed by atoms with Crippen LogP contribution in [-0.2, 0) is 9.53 Å². The number of amides is 1. The number of rotatable bonds is 8. The van der Waals surface area contributed by atoms with E-state index in [9.17, 15) is 4.79 Å². The third kappa shape index (κ3) is 5.85. The normalized spacial score (nSPS) is 13.8. The molecule has 2 N–H and O–H groups in total. The molecule has 0 saturated carbocycles. The van der Waals surface area contributed by atoms with E-state index in [0.29, 0.717) is 13.2 Å². The number of carbonyl (C=O) groups is 1. The SMILES string of the molecule is COCCCNC(=O)C(C)N[C@@H](C)c1ccccc1. The van der Waals surface area contributed by atoms with E-state index < -0.39 is 0 Å². The molecule has 0 aliphatic heterocycles. The van der Waals surface area contributed by atoms with E-state index in [-0.39, 0.29) is 18.0 Å². The zero-order valence-corrected chi connectivity index (χ0v) is 12.0. The van der Waals surface area contributed by atoms with Gasteiger partial charge in [0.2, 0.25) is 5.91 Å². The molecule has 2 atom stereocenters. The first kappa shape index (κ1) is 15.7. The van der Waals surface area contributed by atoms with Crippen molar-refractivity contribution in [2.75, 3.05) is 20.3 Å². The Morgan fingerprint density at radius 1 is 1.26 bits per heavy atom. The molecule has 1 rings (SSSR count). The molecule has 0 aliphatic carbocycles. The maximum absolute atomic E-state index is 11.9. The van der Waals surface area contributed by atoms with E-state index in [1.54, 1.807) is 7.11 Å². The Morgan fingerprint density at radius 2 is 1.95 bits per heavy atom. The minimum atomic E-state index is -0.210. The molecule has 0 aliphatic rings. The molecule has 4 heteroatoms. The van der Waals surface area contributed by atoms with Gasteiger partial charge in [0, 0.05) is 26.3 Å². The molecule has 0 aromatic heterocycles. The molecule has 1 unspecified atom stereocenters. The van der Waals surface area contributed by atoms with Crippen LogP contribution in [0.1, 0.15) is 31.9 Å². The first-order chi connectivity index (χ1) is 9.15. The molecule has 1 amide bonds. The molecule has 1 aromatic rings. The Kier molecular flexibility index (Phi) is 7.15. The summed E-state index contributed by atoms with van der Waals surface area (Å²) in [4.78, 5) is 11.9. The van der Waals surface area contributed by atoms with Gasteiger partial charge in [-0.15, -0.1) is 0 Å². The predicted molar refractivity (Wildman–Crippen MR) is 77.0 cm³/mol. The molecule has 0 heterocycles. The van der Waals surface area contributed by atoms with Crippen LogP contribution in [0.25, 0.3) is 0 Å². The maximum Gasteiger partial charge on any atom is 0.236 e. The van der Waals surface area contributed by atoms with Crippen LogP contribution < -0.4 is 10.6 Å². The van der Waals surface area contributed by atoms with E-state index in [4.69, 9.17) is 4.74 Å². The Labute approximate surface area is 115 Å². The average molecular weight is 264 g/mol. The molecule has 1 aromatic carbocycles. The third-order valence-corrected chi connectivity index (χ3v) is 3.02. The molecule has 0 fully saturated rings. The van der Waals surface area contributed by atoms with E-state index in [2.05, 4.69) is 29.7 Å². The Hall–Kier alpha value is -1.39. The van der Waals surface area contributed by atoms with E-state index in [1.807, 2.05) is 25.1 Å². The van der Waals surface area contributed by atoms with Crippen LogP contribution in [0.4, 0.5) is 0 Å². The number of hydrogen-bond donors (Lipinski definition) is 2.